The average molecular weight is 370 g/mol. The first-order valence-corrected chi connectivity index (χ1v) is 9.91. The maximum absolute atomic E-state index is 12.3. The first kappa shape index (κ1) is 20.8. The van der Waals surface area contributed by atoms with Crippen LogP contribution in [-0.4, -0.2) is 25.7 Å². The lowest BCUT2D eigenvalue weighted by Crippen LogP contribution is -2.33. The molecule has 5 nitrogen and oxygen atoms in total. The van der Waals surface area contributed by atoms with E-state index in [0.29, 0.717) is 18.1 Å². The third-order valence-electron chi connectivity index (χ3n) is 4.81. The van der Waals surface area contributed by atoms with Gasteiger partial charge in [-0.15, -0.1) is 0 Å². The van der Waals surface area contributed by atoms with Crippen molar-refractivity contribution in [3.8, 4) is 17.6 Å². The largest absolute Gasteiger partial charge is 0.493 e. The lowest BCUT2D eigenvalue weighted by atomic mass is 10.1. The number of nitrogens with one attached hydrogen (secondary N) is 1. The molecule has 1 N–H and O–H groups in total. The summed E-state index contributed by atoms with van der Waals surface area (Å²) in [5.74, 6) is 0.979. The Labute approximate surface area is 162 Å². The number of amides is 1. The lowest BCUT2D eigenvalue weighted by molar-refractivity contribution is -0.117. The van der Waals surface area contributed by atoms with Gasteiger partial charge in [0.25, 0.3) is 5.91 Å². The molecule has 27 heavy (non-hydrogen) atoms. The van der Waals surface area contributed by atoms with Gasteiger partial charge in [-0.3, -0.25) is 4.79 Å². The molecule has 0 saturated heterocycles. The van der Waals surface area contributed by atoms with Gasteiger partial charge in [-0.2, -0.15) is 5.26 Å². The number of hydrogen-bond donors (Lipinski definition) is 1. The molecule has 5 heteroatoms. The number of carbonyl (C=O) groups excluding carboxylic acids is 1. The summed E-state index contributed by atoms with van der Waals surface area (Å²) in [5, 5.41) is 12.3. The van der Waals surface area contributed by atoms with Crippen molar-refractivity contribution in [3.05, 3.63) is 29.3 Å². The Morgan fingerprint density at radius 3 is 2.70 bits per heavy atom. The quantitative estimate of drug-likeness (QED) is 0.371. The van der Waals surface area contributed by atoms with E-state index in [9.17, 15) is 10.1 Å². The molecule has 0 spiro atoms. The molecule has 0 unspecified atom stereocenters. The number of unbranched alkanes of at least 4 members (excludes halogenated alkanes) is 3. The van der Waals surface area contributed by atoms with E-state index in [-0.39, 0.29) is 17.5 Å². The fourth-order valence-electron chi connectivity index (χ4n) is 3.25. The Kier molecular flexibility index (Phi) is 8.70. The molecule has 0 atom stereocenters. The standard InChI is InChI=1S/C22H30N2O3/c1-3-4-5-8-13-27-20-12-11-17(15-21(20)26-2)14-18(16-23)22(25)24-19-9-6-7-10-19/h11-12,14-15,19H,3-10,13H2,1-2H3,(H,24,25)/b18-14+. The van der Waals surface area contributed by atoms with Crippen LogP contribution >= 0.6 is 0 Å². The smallest absolute Gasteiger partial charge is 0.262 e. The van der Waals surface area contributed by atoms with E-state index in [4.69, 9.17) is 9.47 Å². The van der Waals surface area contributed by atoms with Crippen molar-refractivity contribution in [1.29, 1.82) is 5.26 Å². The van der Waals surface area contributed by atoms with E-state index >= 15 is 0 Å². The topological polar surface area (TPSA) is 71.3 Å². The maximum Gasteiger partial charge on any atom is 0.262 e. The molecule has 1 amide bonds. The summed E-state index contributed by atoms with van der Waals surface area (Å²) < 4.78 is 11.2. The predicted octanol–water partition coefficient (Wildman–Crippen LogP) is 4.62. The van der Waals surface area contributed by atoms with Crippen LogP contribution in [0.4, 0.5) is 0 Å². The monoisotopic (exact) mass is 370 g/mol. The predicted molar refractivity (Wildman–Crippen MR) is 107 cm³/mol. The van der Waals surface area contributed by atoms with Crippen molar-refractivity contribution in [3.63, 3.8) is 0 Å². The van der Waals surface area contributed by atoms with Gasteiger partial charge in [-0.05, 0) is 43.0 Å². The summed E-state index contributed by atoms with van der Waals surface area (Å²) in [7, 11) is 1.59. The van der Waals surface area contributed by atoms with E-state index in [2.05, 4.69) is 12.2 Å². The molecule has 1 aliphatic carbocycles. The van der Waals surface area contributed by atoms with Crippen molar-refractivity contribution in [2.24, 2.45) is 0 Å². The van der Waals surface area contributed by atoms with Crippen molar-refractivity contribution < 1.29 is 14.3 Å². The van der Waals surface area contributed by atoms with Gasteiger partial charge in [0, 0.05) is 6.04 Å². The minimum atomic E-state index is -0.306. The van der Waals surface area contributed by atoms with Gasteiger partial charge in [-0.25, -0.2) is 0 Å². The molecule has 146 valence electrons. The van der Waals surface area contributed by atoms with E-state index in [1.165, 1.54) is 12.8 Å². The van der Waals surface area contributed by atoms with Gasteiger partial charge >= 0.3 is 0 Å². The summed E-state index contributed by atoms with van der Waals surface area (Å²) in [5.41, 5.74) is 0.848. The minimum absolute atomic E-state index is 0.109. The third kappa shape index (κ3) is 6.63. The second-order valence-electron chi connectivity index (χ2n) is 6.94. The summed E-state index contributed by atoms with van der Waals surface area (Å²) in [6.07, 6.45) is 10.4. The van der Waals surface area contributed by atoms with Crippen LogP contribution in [0.15, 0.2) is 23.8 Å². The van der Waals surface area contributed by atoms with Crippen LogP contribution in [-0.2, 0) is 4.79 Å². The molecule has 1 saturated carbocycles. The third-order valence-corrected chi connectivity index (χ3v) is 4.81. The van der Waals surface area contributed by atoms with Gasteiger partial charge in [0.15, 0.2) is 11.5 Å². The number of carbonyl (C=O) groups is 1. The van der Waals surface area contributed by atoms with Gasteiger partial charge < -0.3 is 14.8 Å². The number of ether oxygens (including phenoxy) is 2. The highest BCUT2D eigenvalue weighted by Gasteiger charge is 2.19. The van der Waals surface area contributed by atoms with Crippen LogP contribution in [0.2, 0.25) is 0 Å². The molecule has 1 aromatic rings. The van der Waals surface area contributed by atoms with Crippen LogP contribution in [0.25, 0.3) is 6.08 Å². The molecule has 0 bridgehead atoms. The maximum atomic E-state index is 12.3. The molecule has 1 aromatic carbocycles. The lowest BCUT2D eigenvalue weighted by Gasteiger charge is -2.12. The number of hydrogen-bond acceptors (Lipinski definition) is 4. The average Bonchev–Trinajstić information content (AvgIpc) is 3.19. The van der Waals surface area contributed by atoms with Gasteiger partial charge in [0.05, 0.1) is 13.7 Å². The second kappa shape index (κ2) is 11.3. The number of rotatable bonds is 10. The Morgan fingerprint density at radius 1 is 1.26 bits per heavy atom. The van der Waals surface area contributed by atoms with Crippen LogP contribution in [0.1, 0.15) is 63.9 Å². The van der Waals surface area contributed by atoms with Crippen LogP contribution in [0.3, 0.4) is 0 Å². The summed E-state index contributed by atoms with van der Waals surface area (Å²) in [6, 6.07) is 7.65. The summed E-state index contributed by atoms with van der Waals surface area (Å²) in [4.78, 5) is 12.3. The molecule has 0 aliphatic heterocycles. The molecular formula is C22H30N2O3. The molecule has 1 aliphatic rings. The molecular weight excluding hydrogens is 340 g/mol. The first-order chi connectivity index (χ1) is 13.2. The molecule has 1 fully saturated rings. The highest BCUT2D eigenvalue weighted by Crippen LogP contribution is 2.29. The molecule has 2 rings (SSSR count). The fourth-order valence-corrected chi connectivity index (χ4v) is 3.25. The van der Waals surface area contributed by atoms with Crippen molar-refractivity contribution in [2.75, 3.05) is 13.7 Å². The summed E-state index contributed by atoms with van der Waals surface area (Å²) >= 11 is 0. The zero-order valence-corrected chi connectivity index (χ0v) is 16.4. The highest BCUT2D eigenvalue weighted by atomic mass is 16.5. The van der Waals surface area contributed by atoms with Crippen LogP contribution < -0.4 is 14.8 Å². The summed E-state index contributed by atoms with van der Waals surface area (Å²) in [6.45, 7) is 2.83. The second-order valence-corrected chi connectivity index (χ2v) is 6.94. The Balaban J connectivity index is 2.02. The van der Waals surface area contributed by atoms with Crippen molar-refractivity contribution in [1.82, 2.24) is 5.32 Å². The number of nitrogens with zero attached hydrogens (tertiary/aromatic N) is 1. The van der Waals surface area contributed by atoms with Crippen LogP contribution in [0, 0.1) is 11.3 Å². The minimum Gasteiger partial charge on any atom is -0.493 e. The van der Waals surface area contributed by atoms with Gasteiger partial charge in [0.1, 0.15) is 11.6 Å². The van der Waals surface area contributed by atoms with Crippen molar-refractivity contribution >= 4 is 12.0 Å². The fraction of sp³-hybridized carbons (Fsp3) is 0.545. The zero-order valence-electron chi connectivity index (χ0n) is 16.4. The Bertz CT molecular complexity index is 685. The number of nitriles is 1. The van der Waals surface area contributed by atoms with Crippen molar-refractivity contribution in [2.45, 2.75) is 64.3 Å². The van der Waals surface area contributed by atoms with Gasteiger partial charge in [0.2, 0.25) is 0 Å². The number of benzene rings is 1. The highest BCUT2D eigenvalue weighted by molar-refractivity contribution is 6.01. The van der Waals surface area contributed by atoms with E-state index in [1.54, 1.807) is 19.3 Å². The normalized spacial score (nSPS) is 14.6. The molecule has 0 aromatic heterocycles. The Hall–Kier alpha value is -2.48. The Morgan fingerprint density at radius 2 is 2.04 bits per heavy atom. The van der Waals surface area contributed by atoms with E-state index in [1.807, 2.05) is 18.2 Å². The van der Waals surface area contributed by atoms with Crippen LogP contribution in [0.5, 0.6) is 11.5 Å². The molecule has 0 heterocycles. The molecule has 0 radical (unpaired) electrons. The SMILES string of the molecule is CCCCCCOc1ccc(/C=C(\C#N)C(=O)NC2CCCC2)cc1OC. The first-order valence-electron chi connectivity index (χ1n) is 9.91. The number of methoxy groups -OCH3 is 1. The van der Waals surface area contributed by atoms with E-state index in [0.717, 1.165) is 44.1 Å². The van der Waals surface area contributed by atoms with Gasteiger partial charge in [-0.1, -0.05) is 45.1 Å². The zero-order chi connectivity index (χ0) is 19.5. The van der Waals surface area contributed by atoms with E-state index < -0.39 is 0 Å².